The number of carbonyl (C=O) groups excluding carboxylic acids is 1. The smallest absolute Gasteiger partial charge is 0.435 e. The van der Waals surface area contributed by atoms with E-state index in [1.807, 2.05) is 0 Å². The van der Waals surface area contributed by atoms with Gasteiger partial charge in [-0.25, -0.2) is 4.79 Å². The SMILES string of the molecule is CCOC(=O)OCC(C)(C)C(F)(F)F. The maximum absolute atomic E-state index is 12.2. The minimum atomic E-state index is -4.40. The Hall–Kier alpha value is -0.940. The fourth-order valence-electron chi connectivity index (χ4n) is 0.481. The summed E-state index contributed by atoms with van der Waals surface area (Å²) in [6.07, 6.45) is -5.48. The van der Waals surface area contributed by atoms with Gasteiger partial charge in [-0.3, -0.25) is 0 Å². The van der Waals surface area contributed by atoms with Crippen molar-refractivity contribution in [2.45, 2.75) is 26.9 Å². The highest BCUT2D eigenvalue weighted by Gasteiger charge is 2.48. The van der Waals surface area contributed by atoms with E-state index < -0.39 is 24.4 Å². The molecule has 0 aromatic carbocycles. The van der Waals surface area contributed by atoms with Crippen molar-refractivity contribution in [1.82, 2.24) is 0 Å². The van der Waals surface area contributed by atoms with Crippen molar-refractivity contribution in [1.29, 1.82) is 0 Å². The van der Waals surface area contributed by atoms with Gasteiger partial charge in [0.2, 0.25) is 0 Å². The topological polar surface area (TPSA) is 35.5 Å². The molecule has 0 atom stereocenters. The van der Waals surface area contributed by atoms with Crippen LogP contribution in [0.2, 0.25) is 0 Å². The average molecular weight is 214 g/mol. The van der Waals surface area contributed by atoms with Crippen LogP contribution in [0.4, 0.5) is 18.0 Å². The van der Waals surface area contributed by atoms with Crippen LogP contribution in [0, 0.1) is 5.41 Å². The second kappa shape index (κ2) is 4.52. The summed E-state index contributed by atoms with van der Waals surface area (Å²) in [5.41, 5.74) is -2.06. The molecular formula is C8H13F3O3. The molecule has 0 aliphatic rings. The molecule has 0 rings (SSSR count). The van der Waals surface area contributed by atoms with E-state index in [9.17, 15) is 18.0 Å². The van der Waals surface area contributed by atoms with Gasteiger partial charge in [0, 0.05) is 0 Å². The molecular weight excluding hydrogens is 201 g/mol. The normalized spacial score (nSPS) is 12.4. The van der Waals surface area contributed by atoms with E-state index in [0.29, 0.717) is 0 Å². The monoisotopic (exact) mass is 214 g/mol. The van der Waals surface area contributed by atoms with Crippen molar-refractivity contribution in [2.24, 2.45) is 5.41 Å². The summed E-state index contributed by atoms with van der Waals surface area (Å²) in [4.78, 5) is 10.6. The lowest BCUT2D eigenvalue weighted by Gasteiger charge is -2.26. The third kappa shape index (κ3) is 3.85. The number of hydrogen-bond acceptors (Lipinski definition) is 3. The molecule has 0 bridgehead atoms. The van der Waals surface area contributed by atoms with E-state index >= 15 is 0 Å². The quantitative estimate of drug-likeness (QED) is 0.677. The van der Waals surface area contributed by atoms with Gasteiger partial charge < -0.3 is 9.47 Å². The Morgan fingerprint density at radius 1 is 1.21 bits per heavy atom. The van der Waals surface area contributed by atoms with Crippen molar-refractivity contribution in [2.75, 3.05) is 13.2 Å². The van der Waals surface area contributed by atoms with Crippen molar-refractivity contribution in [3.05, 3.63) is 0 Å². The van der Waals surface area contributed by atoms with Crippen LogP contribution in [0.1, 0.15) is 20.8 Å². The number of ether oxygens (including phenoxy) is 2. The predicted molar refractivity (Wildman–Crippen MR) is 42.8 cm³/mol. The fourth-order valence-corrected chi connectivity index (χ4v) is 0.481. The van der Waals surface area contributed by atoms with E-state index in [4.69, 9.17) is 0 Å². The first-order chi connectivity index (χ1) is 6.20. The van der Waals surface area contributed by atoms with Gasteiger partial charge in [-0.05, 0) is 20.8 Å². The lowest BCUT2D eigenvalue weighted by atomic mass is 9.94. The van der Waals surface area contributed by atoms with Crippen molar-refractivity contribution in [3.63, 3.8) is 0 Å². The van der Waals surface area contributed by atoms with Gasteiger partial charge in [0.05, 0.1) is 12.0 Å². The molecule has 0 aliphatic carbocycles. The largest absolute Gasteiger partial charge is 0.508 e. The molecule has 0 unspecified atom stereocenters. The summed E-state index contributed by atoms with van der Waals surface area (Å²) in [6.45, 7) is 2.77. The number of carbonyl (C=O) groups is 1. The summed E-state index contributed by atoms with van der Waals surface area (Å²) in [7, 11) is 0. The summed E-state index contributed by atoms with van der Waals surface area (Å²) in [6, 6.07) is 0. The van der Waals surface area contributed by atoms with E-state index in [1.54, 1.807) is 0 Å². The van der Waals surface area contributed by atoms with Crippen LogP contribution < -0.4 is 0 Å². The summed E-state index contributed by atoms with van der Waals surface area (Å²) < 4.78 is 45.3. The van der Waals surface area contributed by atoms with Gasteiger partial charge in [-0.15, -0.1) is 0 Å². The standard InChI is InChI=1S/C8H13F3O3/c1-4-13-6(12)14-5-7(2,3)8(9,10)11/h4-5H2,1-3H3. The van der Waals surface area contributed by atoms with Gasteiger partial charge >= 0.3 is 12.3 Å². The van der Waals surface area contributed by atoms with Crippen LogP contribution in [0.3, 0.4) is 0 Å². The van der Waals surface area contributed by atoms with Crippen LogP contribution in [0.15, 0.2) is 0 Å². The Morgan fingerprint density at radius 3 is 2.07 bits per heavy atom. The first-order valence-corrected chi connectivity index (χ1v) is 4.07. The lowest BCUT2D eigenvalue weighted by molar-refractivity contribution is -0.223. The summed E-state index contributed by atoms with van der Waals surface area (Å²) in [5, 5.41) is 0. The number of rotatable bonds is 3. The molecule has 0 spiro atoms. The van der Waals surface area contributed by atoms with Crippen molar-refractivity contribution in [3.8, 4) is 0 Å². The molecule has 0 N–H and O–H groups in total. The minimum Gasteiger partial charge on any atom is -0.435 e. The Labute approximate surface area is 80.2 Å². The highest BCUT2D eigenvalue weighted by molar-refractivity contribution is 5.59. The van der Waals surface area contributed by atoms with Crippen molar-refractivity contribution >= 4 is 6.16 Å². The van der Waals surface area contributed by atoms with Gasteiger partial charge in [-0.1, -0.05) is 0 Å². The molecule has 0 aromatic rings. The maximum atomic E-state index is 12.2. The average Bonchev–Trinajstić information content (AvgIpc) is 1.99. The molecule has 3 nitrogen and oxygen atoms in total. The van der Waals surface area contributed by atoms with E-state index in [-0.39, 0.29) is 6.61 Å². The zero-order valence-corrected chi connectivity index (χ0v) is 8.27. The number of hydrogen-bond donors (Lipinski definition) is 0. The summed E-state index contributed by atoms with van der Waals surface area (Å²) >= 11 is 0. The molecule has 0 radical (unpaired) electrons. The van der Waals surface area contributed by atoms with Gasteiger partial charge in [0.25, 0.3) is 0 Å². The Kier molecular flexibility index (Phi) is 4.22. The van der Waals surface area contributed by atoms with E-state index in [1.165, 1.54) is 6.92 Å². The molecule has 0 heterocycles. The van der Waals surface area contributed by atoms with Crippen LogP contribution >= 0.6 is 0 Å². The highest BCUT2D eigenvalue weighted by atomic mass is 19.4. The third-order valence-electron chi connectivity index (χ3n) is 1.58. The van der Waals surface area contributed by atoms with Crippen LogP contribution in [0.5, 0.6) is 0 Å². The third-order valence-corrected chi connectivity index (χ3v) is 1.58. The van der Waals surface area contributed by atoms with Crippen LogP contribution in [-0.4, -0.2) is 25.5 Å². The predicted octanol–water partition coefficient (Wildman–Crippen LogP) is 2.75. The highest BCUT2D eigenvalue weighted by Crippen LogP contribution is 2.37. The van der Waals surface area contributed by atoms with Crippen molar-refractivity contribution < 1.29 is 27.4 Å². The molecule has 0 fully saturated rings. The Balaban J connectivity index is 4.06. The van der Waals surface area contributed by atoms with E-state index in [2.05, 4.69) is 9.47 Å². The van der Waals surface area contributed by atoms with Crippen LogP contribution in [0.25, 0.3) is 0 Å². The molecule has 14 heavy (non-hydrogen) atoms. The summed E-state index contributed by atoms with van der Waals surface area (Å²) in [5.74, 6) is 0. The molecule has 0 amide bonds. The second-order valence-electron chi connectivity index (χ2n) is 3.35. The first kappa shape index (κ1) is 13.1. The molecule has 0 aliphatic heterocycles. The first-order valence-electron chi connectivity index (χ1n) is 4.07. The second-order valence-corrected chi connectivity index (χ2v) is 3.35. The van der Waals surface area contributed by atoms with Gasteiger partial charge in [0.1, 0.15) is 6.61 Å². The minimum absolute atomic E-state index is 0.0747. The molecule has 6 heteroatoms. The van der Waals surface area contributed by atoms with Gasteiger partial charge in [0.15, 0.2) is 0 Å². The lowest BCUT2D eigenvalue weighted by Crippen LogP contribution is -2.37. The van der Waals surface area contributed by atoms with Gasteiger partial charge in [-0.2, -0.15) is 13.2 Å². The van der Waals surface area contributed by atoms with E-state index in [0.717, 1.165) is 13.8 Å². The van der Waals surface area contributed by atoms with Crippen LogP contribution in [-0.2, 0) is 9.47 Å². The molecule has 0 saturated carbocycles. The molecule has 0 saturated heterocycles. The zero-order valence-electron chi connectivity index (χ0n) is 8.27. The number of halogens is 3. The Bertz CT molecular complexity index is 198. The zero-order chi connectivity index (χ0) is 11.4. The fraction of sp³-hybridized carbons (Fsp3) is 0.875. The Morgan fingerprint density at radius 2 is 1.71 bits per heavy atom. The molecule has 0 aromatic heterocycles. The number of alkyl halides is 3. The molecule has 84 valence electrons. The maximum Gasteiger partial charge on any atom is 0.508 e.